The molecular formula is C25H28ClN7O4S. The van der Waals surface area contributed by atoms with Crippen molar-refractivity contribution in [3.63, 3.8) is 0 Å². The lowest BCUT2D eigenvalue weighted by Gasteiger charge is -2.31. The SMILES string of the molecule is Cl.Nc1cc(-c2cc(C(=O)Nc3cc4sc(N5CCOCC5)nc4nc3N3CCC(O)CC3)co2)ccn1. The fourth-order valence-electron chi connectivity index (χ4n) is 4.55. The highest BCUT2D eigenvalue weighted by atomic mass is 35.5. The molecule has 6 rings (SSSR count). The smallest absolute Gasteiger partial charge is 0.259 e. The van der Waals surface area contributed by atoms with Gasteiger partial charge in [0.25, 0.3) is 5.91 Å². The Labute approximate surface area is 229 Å². The Morgan fingerprint density at radius 2 is 1.89 bits per heavy atom. The minimum Gasteiger partial charge on any atom is -0.464 e. The molecule has 0 unspecified atom stereocenters. The number of halogens is 1. The number of furan rings is 1. The summed E-state index contributed by atoms with van der Waals surface area (Å²) in [4.78, 5) is 31.2. The Balaban J connectivity index is 0.00000294. The number of aliphatic hydroxyl groups is 1. The maximum atomic E-state index is 13.3. The summed E-state index contributed by atoms with van der Waals surface area (Å²) in [5.74, 6) is 1.24. The average molecular weight is 558 g/mol. The minimum atomic E-state index is -0.322. The molecule has 0 bridgehead atoms. The molecule has 2 saturated heterocycles. The number of carbonyl (C=O) groups is 1. The van der Waals surface area contributed by atoms with Gasteiger partial charge in [-0.15, -0.1) is 12.4 Å². The van der Waals surface area contributed by atoms with E-state index in [2.05, 4.69) is 20.1 Å². The quantitative estimate of drug-likeness (QED) is 0.334. The molecular weight excluding hydrogens is 530 g/mol. The van der Waals surface area contributed by atoms with Crippen molar-refractivity contribution in [2.24, 2.45) is 0 Å². The molecule has 2 aliphatic rings. The van der Waals surface area contributed by atoms with Gasteiger partial charge in [0.1, 0.15) is 17.8 Å². The van der Waals surface area contributed by atoms with Gasteiger partial charge >= 0.3 is 0 Å². The van der Waals surface area contributed by atoms with E-state index in [9.17, 15) is 9.90 Å². The first kappa shape index (κ1) is 26.2. The Kier molecular flexibility index (Phi) is 7.65. The van der Waals surface area contributed by atoms with Crippen LogP contribution in [-0.2, 0) is 4.74 Å². The van der Waals surface area contributed by atoms with Crippen molar-refractivity contribution in [3.05, 3.63) is 42.3 Å². The predicted octanol–water partition coefficient (Wildman–Crippen LogP) is 3.40. The van der Waals surface area contributed by atoms with E-state index < -0.39 is 0 Å². The van der Waals surface area contributed by atoms with Crippen LogP contribution in [0, 0.1) is 0 Å². The molecule has 11 nitrogen and oxygen atoms in total. The molecule has 6 heterocycles. The van der Waals surface area contributed by atoms with E-state index in [0.29, 0.717) is 73.4 Å². The molecule has 2 fully saturated rings. The number of anilines is 4. The summed E-state index contributed by atoms with van der Waals surface area (Å²) in [6.45, 7) is 4.19. The third-order valence-corrected chi connectivity index (χ3v) is 7.62. The van der Waals surface area contributed by atoms with Crippen LogP contribution in [0.2, 0.25) is 0 Å². The molecule has 4 aromatic heterocycles. The summed E-state index contributed by atoms with van der Waals surface area (Å²) < 4.78 is 12.0. The van der Waals surface area contributed by atoms with E-state index in [4.69, 9.17) is 24.9 Å². The number of piperidine rings is 1. The molecule has 1 amide bonds. The summed E-state index contributed by atoms with van der Waals surface area (Å²) >= 11 is 1.55. The highest BCUT2D eigenvalue weighted by Gasteiger charge is 2.25. The fraction of sp³-hybridized carbons (Fsp3) is 0.360. The van der Waals surface area contributed by atoms with E-state index in [0.717, 1.165) is 28.5 Å². The first-order valence-corrected chi connectivity index (χ1v) is 13.0. The molecule has 38 heavy (non-hydrogen) atoms. The van der Waals surface area contributed by atoms with Gasteiger partial charge in [-0.05, 0) is 37.1 Å². The molecule has 0 spiro atoms. The van der Waals surface area contributed by atoms with Gasteiger partial charge in [-0.25, -0.2) is 9.97 Å². The lowest BCUT2D eigenvalue weighted by molar-refractivity contribution is 0.102. The van der Waals surface area contributed by atoms with Crippen molar-refractivity contribution in [3.8, 4) is 11.3 Å². The van der Waals surface area contributed by atoms with E-state index in [1.54, 1.807) is 35.7 Å². The summed E-state index contributed by atoms with van der Waals surface area (Å²) in [6.07, 6.45) is 3.98. The van der Waals surface area contributed by atoms with Gasteiger partial charge in [-0.2, -0.15) is 4.98 Å². The van der Waals surface area contributed by atoms with Crippen molar-refractivity contribution in [2.75, 3.05) is 60.2 Å². The highest BCUT2D eigenvalue weighted by molar-refractivity contribution is 7.22. The van der Waals surface area contributed by atoms with Crippen LogP contribution in [0.1, 0.15) is 23.2 Å². The number of carbonyl (C=O) groups excluding carboxylic acids is 1. The van der Waals surface area contributed by atoms with Crippen molar-refractivity contribution in [2.45, 2.75) is 18.9 Å². The van der Waals surface area contributed by atoms with Crippen LogP contribution in [0.4, 0.5) is 22.5 Å². The normalized spacial score (nSPS) is 16.4. The molecule has 4 aromatic rings. The standard InChI is InChI=1S/C25H27N7O4S.ClH/c26-21-12-15(1-4-27-21)19-11-16(14-36-19)24(34)28-18-13-20-22(29-23(18)31-5-2-17(33)3-6-31)30-25(37-20)32-7-9-35-10-8-32;/h1,4,11-14,17,33H,2-3,5-10H2,(H2,26,27)(H,28,34);1H. The number of nitrogens with two attached hydrogens (primary N) is 1. The molecule has 4 N–H and O–H groups in total. The van der Waals surface area contributed by atoms with Gasteiger partial charge in [0.05, 0.1) is 35.3 Å². The number of aromatic nitrogens is 3. The number of pyridine rings is 2. The second kappa shape index (κ2) is 11.1. The monoisotopic (exact) mass is 557 g/mol. The number of rotatable bonds is 5. The van der Waals surface area contributed by atoms with Crippen LogP contribution >= 0.6 is 23.7 Å². The number of nitrogens with zero attached hydrogens (tertiary/aromatic N) is 5. The van der Waals surface area contributed by atoms with Gasteiger partial charge in [0, 0.05) is 37.9 Å². The molecule has 0 aromatic carbocycles. The molecule has 2 aliphatic heterocycles. The van der Waals surface area contributed by atoms with Crippen LogP contribution < -0.4 is 20.9 Å². The number of nitrogens with one attached hydrogen (secondary N) is 1. The Morgan fingerprint density at radius 3 is 2.66 bits per heavy atom. The lowest BCUT2D eigenvalue weighted by Crippen LogP contribution is -2.37. The van der Waals surface area contributed by atoms with Gasteiger partial charge in [-0.1, -0.05) is 11.3 Å². The molecule has 0 atom stereocenters. The third kappa shape index (κ3) is 5.39. The molecule has 0 saturated carbocycles. The number of nitrogen functional groups attached to an aromatic ring is 1. The zero-order chi connectivity index (χ0) is 25.4. The molecule has 13 heteroatoms. The van der Waals surface area contributed by atoms with E-state index in [-0.39, 0.29) is 24.4 Å². The van der Waals surface area contributed by atoms with Crippen LogP contribution in [0.25, 0.3) is 21.7 Å². The number of fused-ring (bicyclic) bond motifs is 1. The Bertz CT molecular complexity index is 1430. The average Bonchev–Trinajstić information content (AvgIpc) is 3.57. The Morgan fingerprint density at radius 1 is 1.11 bits per heavy atom. The molecule has 200 valence electrons. The summed E-state index contributed by atoms with van der Waals surface area (Å²) in [6, 6.07) is 7.08. The van der Waals surface area contributed by atoms with Crippen molar-refractivity contribution in [1.29, 1.82) is 0 Å². The van der Waals surface area contributed by atoms with Gasteiger partial charge < -0.3 is 35.1 Å². The number of thiazole rings is 1. The van der Waals surface area contributed by atoms with Crippen LogP contribution in [0.15, 0.2) is 41.1 Å². The third-order valence-electron chi connectivity index (χ3n) is 6.57. The van der Waals surface area contributed by atoms with E-state index in [1.807, 2.05) is 6.07 Å². The van der Waals surface area contributed by atoms with Crippen molar-refractivity contribution < 1.29 is 19.1 Å². The van der Waals surface area contributed by atoms with Gasteiger partial charge in [0.15, 0.2) is 16.6 Å². The van der Waals surface area contributed by atoms with Crippen LogP contribution in [0.3, 0.4) is 0 Å². The number of morpholine rings is 1. The van der Waals surface area contributed by atoms with E-state index in [1.165, 1.54) is 6.26 Å². The highest BCUT2D eigenvalue weighted by Crippen LogP contribution is 2.36. The summed E-state index contributed by atoms with van der Waals surface area (Å²) in [5.41, 5.74) is 8.14. The molecule has 0 radical (unpaired) electrons. The zero-order valence-corrected chi connectivity index (χ0v) is 22.1. The number of hydrogen-bond acceptors (Lipinski definition) is 11. The second-order valence-corrected chi connectivity index (χ2v) is 10.1. The fourth-order valence-corrected chi connectivity index (χ4v) is 5.55. The lowest BCUT2D eigenvalue weighted by atomic mass is 10.1. The van der Waals surface area contributed by atoms with Crippen molar-refractivity contribution >= 4 is 62.5 Å². The maximum Gasteiger partial charge on any atom is 0.259 e. The predicted molar refractivity (Wildman–Crippen MR) is 149 cm³/mol. The maximum absolute atomic E-state index is 13.3. The number of hydrogen-bond donors (Lipinski definition) is 3. The summed E-state index contributed by atoms with van der Waals surface area (Å²) in [5, 5.41) is 13.9. The van der Waals surface area contributed by atoms with E-state index >= 15 is 0 Å². The first-order valence-electron chi connectivity index (χ1n) is 12.2. The first-order chi connectivity index (χ1) is 18.0. The van der Waals surface area contributed by atoms with Gasteiger partial charge in [0.2, 0.25) is 0 Å². The molecule has 0 aliphatic carbocycles. The topological polar surface area (TPSA) is 143 Å². The van der Waals surface area contributed by atoms with Crippen molar-refractivity contribution in [1.82, 2.24) is 15.0 Å². The number of amides is 1. The number of ether oxygens (including phenoxy) is 1. The van der Waals surface area contributed by atoms with Gasteiger partial charge in [-0.3, -0.25) is 4.79 Å². The minimum absolute atomic E-state index is 0. The van der Waals surface area contributed by atoms with Crippen LogP contribution in [0.5, 0.6) is 0 Å². The number of aliphatic hydroxyl groups excluding tert-OH is 1. The zero-order valence-electron chi connectivity index (χ0n) is 20.5. The summed E-state index contributed by atoms with van der Waals surface area (Å²) in [7, 11) is 0. The largest absolute Gasteiger partial charge is 0.464 e. The van der Waals surface area contributed by atoms with Crippen LogP contribution in [-0.4, -0.2) is 71.5 Å². The Hall–Kier alpha value is -3.45. The second-order valence-electron chi connectivity index (χ2n) is 9.12.